The zero-order valence-corrected chi connectivity index (χ0v) is 10.8. The molecule has 2 N–H and O–H groups in total. The monoisotopic (exact) mass is 267 g/mol. The van der Waals surface area contributed by atoms with E-state index in [-0.39, 0.29) is 5.41 Å². The van der Waals surface area contributed by atoms with E-state index in [4.69, 9.17) is 5.73 Å². The molecule has 0 bridgehead atoms. The summed E-state index contributed by atoms with van der Waals surface area (Å²) in [5.41, 5.74) is 8.99. The first kappa shape index (κ1) is 11.2. The van der Waals surface area contributed by atoms with E-state index >= 15 is 0 Å². The highest BCUT2D eigenvalue weighted by atomic mass is 79.9. The van der Waals surface area contributed by atoms with Crippen molar-refractivity contribution in [1.29, 1.82) is 0 Å². The van der Waals surface area contributed by atoms with Gasteiger partial charge in [-0.1, -0.05) is 34.8 Å². The van der Waals surface area contributed by atoms with Crippen LogP contribution in [0.15, 0.2) is 22.7 Å². The molecule has 1 fully saturated rings. The van der Waals surface area contributed by atoms with Gasteiger partial charge in [-0.25, -0.2) is 0 Å². The fraction of sp³-hybridized carbons (Fsp3) is 0.538. The van der Waals surface area contributed by atoms with Crippen LogP contribution < -0.4 is 5.73 Å². The number of aryl methyl sites for hydroxylation is 1. The number of nitrogens with two attached hydrogens (primary N) is 1. The van der Waals surface area contributed by atoms with Gasteiger partial charge in [0.25, 0.3) is 0 Å². The number of rotatable bonds is 2. The molecule has 1 saturated carbocycles. The molecule has 1 aromatic rings. The third kappa shape index (κ3) is 2.11. The van der Waals surface area contributed by atoms with Gasteiger partial charge in [0, 0.05) is 16.4 Å². The molecule has 2 heteroatoms. The van der Waals surface area contributed by atoms with Gasteiger partial charge in [-0.3, -0.25) is 0 Å². The summed E-state index contributed by atoms with van der Waals surface area (Å²) in [6.07, 6.45) is 5.14. The Balaban J connectivity index is 2.42. The summed E-state index contributed by atoms with van der Waals surface area (Å²) in [6.45, 7) is 2.93. The van der Waals surface area contributed by atoms with Gasteiger partial charge < -0.3 is 5.73 Å². The molecule has 1 aliphatic carbocycles. The Bertz CT molecular complexity index is 333. The Hall–Kier alpha value is -0.340. The largest absolute Gasteiger partial charge is 0.330 e. The predicted molar refractivity (Wildman–Crippen MR) is 68.1 cm³/mol. The van der Waals surface area contributed by atoms with E-state index in [0.717, 1.165) is 6.54 Å². The Morgan fingerprint density at radius 3 is 2.47 bits per heavy atom. The maximum Gasteiger partial charge on any atom is 0.0180 e. The standard InChI is InChI=1S/C13H18BrN/c1-10-6-11(8-12(14)7-10)13(9-15)4-2-3-5-13/h6-8H,2-5,9,15H2,1H3. The number of benzene rings is 1. The number of halogens is 1. The summed E-state index contributed by atoms with van der Waals surface area (Å²) in [7, 11) is 0. The average Bonchev–Trinajstić information content (AvgIpc) is 2.65. The van der Waals surface area contributed by atoms with Crippen molar-refractivity contribution in [3.8, 4) is 0 Å². The minimum absolute atomic E-state index is 0.258. The van der Waals surface area contributed by atoms with Crippen LogP contribution in [0.2, 0.25) is 0 Å². The molecule has 0 atom stereocenters. The van der Waals surface area contributed by atoms with Crippen LogP contribution in [0.1, 0.15) is 36.8 Å². The van der Waals surface area contributed by atoms with E-state index in [1.807, 2.05) is 0 Å². The van der Waals surface area contributed by atoms with Crippen molar-refractivity contribution in [2.45, 2.75) is 38.0 Å². The molecule has 15 heavy (non-hydrogen) atoms. The summed E-state index contributed by atoms with van der Waals surface area (Å²) < 4.78 is 1.18. The van der Waals surface area contributed by atoms with Crippen LogP contribution in [0.5, 0.6) is 0 Å². The highest BCUT2D eigenvalue weighted by Gasteiger charge is 2.34. The summed E-state index contributed by atoms with van der Waals surface area (Å²) in [4.78, 5) is 0. The van der Waals surface area contributed by atoms with Crippen molar-refractivity contribution in [2.24, 2.45) is 5.73 Å². The van der Waals surface area contributed by atoms with E-state index in [2.05, 4.69) is 41.1 Å². The van der Waals surface area contributed by atoms with Crippen molar-refractivity contribution in [1.82, 2.24) is 0 Å². The summed E-state index contributed by atoms with van der Waals surface area (Å²) >= 11 is 3.57. The zero-order chi connectivity index (χ0) is 10.9. The van der Waals surface area contributed by atoms with E-state index in [0.29, 0.717) is 0 Å². The van der Waals surface area contributed by atoms with Crippen LogP contribution in [-0.2, 0) is 5.41 Å². The second-order valence-electron chi connectivity index (χ2n) is 4.71. The van der Waals surface area contributed by atoms with Gasteiger partial charge >= 0.3 is 0 Å². The SMILES string of the molecule is Cc1cc(Br)cc(C2(CN)CCCC2)c1. The third-order valence-corrected chi connectivity index (χ3v) is 4.06. The van der Waals surface area contributed by atoms with Crippen LogP contribution in [-0.4, -0.2) is 6.54 Å². The van der Waals surface area contributed by atoms with Crippen molar-refractivity contribution in [3.63, 3.8) is 0 Å². The lowest BCUT2D eigenvalue weighted by molar-refractivity contribution is 0.452. The molecule has 0 aliphatic heterocycles. The van der Waals surface area contributed by atoms with E-state index in [9.17, 15) is 0 Å². The highest BCUT2D eigenvalue weighted by Crippen LogP contribution is 2.41. The predicted octanol–water partition coefficient (Wildman–Crippen LogP) is 3.53. The van der Waals surface area contributed by atoms with Crippen molar-refractivity contribution in [3.05, 3.63) is 33.8 Å². The van der Waals surface area contributed by atoms with Crippen molar-refractivity contribution >= 4 is 15.9 Å². The summed E-state index contributed by atoms with van der Waals surface area (Å²) in [5.74, 6) is 0. The maximum atomic E-state index is 5.99. The van der Waals surface area contributed by atoms with Crippen LogP contribution in [0.4, 0.5) is 0 Å². The topological polar surface area (TPSA) is 26.0 Å². The second-order valence-corrected chi connectivity index (χ2v) is 5.62. The van der Waals surface area contributed by atoms with Crippen LogP contribution in [0.25, 0.3) is 0 Å². The molecular weight excluding hydrogens is 250 g/mol. The minimum atomic E-state index is 0.258. The van der Waals surface area contributed by atoms with E-state index in [1.165, 1.54) is 41.3 Å². The summed E-state index contributed by atoms with van der Waals surface area (Å²) in [6, 6.07) is 6.69. The smallest absolute Gasteiger partial charge is 0.0180 e. The van der Waals surface area contributed by atoms with Crippen molar-refractivity contribution in [2.75, 3.05) is 6.54 Å². The molecule has 2 rings (SSSR count). The highest BCUT2D eigenvalue weighted by molar-refractivity contribution is 9.10. The molecule has 1 aliphatic rings. The normalized spacial score (nSPS) is 19.4. The molecule has 1 nitrogen and oxygen atoms in total. The first-order chi connectivity index (χ1) is 7.16. The maximum absolute atomic E-state index is 5.99. The molecule has 1 aromatic carbocycles. The number of hydrogen-bond acceptors (Lipinski definition) is 1. The van der Waals surface area contributed by atoms with Gasteiger partial charge in [-0.05, 0) is 43.0 Å². The van der Waals surface area contributed by atoms with Crippen LogP contribution in [0, 0.1) is 6.92 Å². The molecule has 0 spiro atoms. The van der Waals surface area contributed by atoms with Gasteiger partial charge in [0.1, 0.15) is 0 Å². The quantitative estimate of drug-likeness (QED) is 0.872. The minimum Gasteiger partial charge on any atom is -0.330 e. The fourth-order valence-corrected chi connectivity index (χ4v) is 3.31. The Kier molecular flexibility index (Phi) is 3.17. The third-order valence-electron chi connectivity index (χ3n) is 3.61. The average molecular weight is 268 g/mol. The molecule has 82 valence electrons. The van der Waals surface area contributed by atoms with Gasteiger partial charge in [-0.2, -0.15) is 0 Å². The molecule has 0 unspecified atom stereocenters. The fourth-order valence-electron chi connectivity index (χ4n) is 2.70. The molecule has 0 saturated heterocycles. The van der Waals surface area contributed by atoms with E-state index in [1.54, 1.807) is 0 Å². The lowest BCUT2D eigenvalue weighted by Crippen LogP contribution is -2.32. The Labute approximate surface area is 100 Å². The lowest BCUT2D eigenvalue weighted by atomic mass is 9.78. The van der Waals surface area contributed by atoms with Crippen LogP contribution >= 0.6 is 15.9 Å². The first-order valence-electron chi connectivity index (χ1n) is 5.64. The van der Waals surface area contributed by atoms with E-state index < -0.39 is 0 Å². The Morgan fingerprint density at radius 2 is 1.93 bits per heavy atom. The molecule has 0 amide bonds. The van der Waals surface area contributed by atoms with Crippen molar-refractivity contribution < 1.29 is 0 Å². The Morgan fingerprint density at radius 1 is 1.27 bits per heavy atom. The van der Waals surface area contributed by atoms with Gasteiger partial charge in [0.2, 0.25) is 0 Å². The molecule has 0 aromatic heterocycles. The van der Waals surface area contributed by atoms with Gasteiger partial charge in [0.05, 0.1) is 0 Å². The first-order valence-corrected chi connectivity index (χ1v) is 6.43. The summed E-state index contributed by atoms with van der Waals surface area (Å²) in [5, 5.41) is 0. The van der Waals surface area contributed by atoms with Gasteiger partial charge in [0.15, 0.2) is 0 Å². The molecule has 0 radical (unpaired) electrons. The van der Waals surface area contributed by atoms with Gasteiger partial charge in [-0.15, -0.1) is 0 Å². The number of hydrogen-bond donors (Lipinski definition) is 1. The zero-order valence-electron chi connectivity index (χ0n) is 9.22. The molecular formula is C13H18BrN. The lowest BCUT2D eigenvalue weighted by Gasteiger charge is -2.28. The molecule has 0 heterocycles. The van der Waals surface area contributed by atoms with Crippen LogP contribution in [0.3, 0.4) is 0 Å². The second kappa shape index (κ2) is 4.26.